The summed E-state index contributed by atoms with van der Waals surface area (Å²) in [6.45, 7) is 2.99. The highest BCUT2D eigenvalue weighted by Crippen LogP contribution is 2.24. The standard InChI is InChI=1S/C14H20ClNO3S/c1-20(17,18)14-4-2-3-13(15)12(14)9-16-7-5-11-6-8-19-10-11/h2-4,11,16H,5-10H2,1H3. The third-order valence-electron chi connectivity index (χ3n) is 3.53. The average molecular weight is 318 g/mol. The fourth-order valence-corrected chi connectivity index (χ4v) is 3.64. The maximum Gasteiger partial charge on any atom is 0.175 e. The predicted octanol–water partition coefficient (Wildman–Crippen LogP) is 2.26. The smallest absolute Gasteiger partial charge is 0.175 e. The van der Waals surface area contributed by atoms with Crippen molar-refractivity contribution >= 4 is 21.4 Å². The van der Waals surface area contributed by atoms with E-state index in [0.29, 0.717) is 27.9 Å². The van der Waals surface area contributed by atoms with Gasteiger partial charge in [-0.25, -0.2) is 8.42 Å². The zero-order valence-corrected chi connectivity index (χ0v) is 13.1. The first-order valence-corrected chi connectivity index (χ1v) is 9.01. The van der Waals surface area contributed by atoms with E-state index >= 15 is 0 Å². The SMILES string of the molecule is CS(=O)(=O)c1cccc(Cl)c1CNCCC1CCOC1. The van der Waals surface area contributed by atoms with Gasteiger partial charge in [0.2, 0.25) is 0 Å². The lowest BCUT2D eigenvalue weighted by Gasteiger charge is -2.12. The molecule has 1 fully saturated rings. The van der Waals surface area contributed by atoms with Crippen LogP contribution in [0.15, 0.2) is 23.1 Å². The Hall–Kier alpha value is -0.620. The minimum Gasteiger partial charge on any atom is -0.381 e. The minimum absolute atomic E-state index is 0.307. The first kappa shape index (κ1) is 15.8. The lowest BCUT2D eigenvalue weighted by Crippen LogP contribution is -2.19. The summed E-state index contributed by atoms with van der Waals surface area (Å²) in [5.74, 6) is 0.614. The van der Waals surface area contributed by atoms with Crippen LogP contribution in [0, 0.1) is 5.92 Å². The first-order chi connectivity index (χ1) is 9.48. The molecule has 1 aliphatic heterocycles. The summed E-state index contributed by atoms with van der Waals surface area (Å²) >= 11 is 6.12. The molecule has 6 heteroatoms. The Morgan fingerprint density at radius 3 is 2.90 bits per heavy atom. The van der Waals surface area contributed by atoms with Crippen molar-refractivity contribution in [2.75, 3.05) is 26.0 Å². The molecular weight excluding hydrogens is 298 g/mol. The van der Waals surface area contributed by atoms with Crippen LogP contribution in [-0.4, -0.2) is 34.4 Å². The van der Waals surface area contributed by atoms with Crippen molar-refractivity contribution < 1.29 is 13.2 Å². The van der Waals surface area contributed by atoms with E-state index in [1.54, 1.807) is 18.2 Å². The van der Waals surface area contributed by atoms with Gasteiger partial charge in [-0.15, -0.1) is 0 Å². The molecule has 0 saturated carbocycles. The highest BCUT2D eigenvalue weighted by atomic mass is 35.5. The van der Waals surface area contributed by atoms with E-state index in [1.807, 2.05) is 0 Å². The summed E-state index contributed by atoms with van der Waals surface area (Å²) in [4.78, 5) is 0.307. The molecule has 1 aromatic rings. The quantitative estimate of drug-likeness (QED) is 0.818. The van der Waals surface area contributed by atoms with Crippen LogP contribution in [0.1, 0.15) is 18.4 Å². The van der Waals surface area contributed by atoms with Crippen LogP contribution in [0.3, 0.4) is 0 Å². The molecule has 20 heavy (non-hydrogen) atoms. The van der Waals surface area contributed by atoms with Gasteiger partial charge in [0.15, 0.2) is 9.84 Å². The van der Waals surface area contributed by atoms with Crippen molar-refractivity contribution in [1.29, 1.82) is 0 Å². The maximum atomic E-state index is 11.7. The molecule has 1 N–H and O–H groups in total. The van der Waals surface area contributed by atoms with Crippen LogP contribution >= 0.6 is 11.6 Å². The summed E-state index contributed by atoms with van der Waals surface area (Å²) < 4.78 is 28.8. The summed E-state index contributed by atoms with van der Waals surface area (Å²) in [6.07, 6.45) is 3.36. The number of ether oxygens (including phenoxy) is 1. The van der Waals surface area contributed by atoms with Gasteiger partial charge in [-0.2, -0.15) is 0 Å². The number of sulfone groups is 1. The molecule has 4 nitrogen and oxygen atoms in total. The normalized spacial score (nSPS) is 19.4. The summed E-state index contributed by atoms with van der Waals surface area (Å²) in [5.41, 5.74) is 0.652. The molecule has 1 unspecified atom stereocenters. The molecule has 0 radical (unpaired) electrons. The molecule has 0 amide bonds. The van der Waals surface area contributed by atoms with Crippen LogP contribution < -0.4 is 5.32 Å². The lowest BCUT2D eigenvalue weighted by molar-refractivity contribution is 0.184. The highest BCUT2D eigenvalue weighted by molar-refractivity contribution is 7.90. The highest BCUT2D eigenvalue weighted by Gasteiger charge is 2.17. The summed E-state index contributed by atoms with van der Waals surface area (Å²) in [5, 5.41) is 3.77. The number of rotatable bonds is 6. The van der Waals surface area contributed by atoms with Gasteiger partial charge in [-0.1, -0.05) is 17.7 Å². The first-order valence-electron chi connectivity index (χ1n) is 6.74. The molecule has 112 valence electrons. The Kier molecular flexibility index (Phi) is 5.43. The van der Waals surface area contributed by atoms with Crippen LogP contribution in [-0.2, 0) is 21.1 Å². The van der Waals surface area contributed by atoms with Crippen LogP contribution in [0.4, 0.5) is 0 Å². The largest absolute Gasteiger partial charge is 0.381 e. The van der Waals surface area contributed by atoms with Crippen LogP contribution in [0.2, 0.25) is 5.02 Å². The van der Waals surface area contributed by atoms with E-state index in [4.69, 9.17) is 16.3 Å². The maximum absolute atomic E-state index is 11.7. The second kappa shape index (κ2) is 6.89. The van der Waals surface area contributed by atoms with Gasteiger partial charge in [-0.05, 0) is 37.4 Å². The van der Waals surface area contributed by atoms with Gasteiger partial charge in [0.25, 0.3) is 0 Å². The molecule has 1 atom stereocenters. The number of hydrogen-bond donors (Lipinski definition) is 1. The van der Waals surface area contributed by atoms with E-state index in [-0.39, 0.29) is 0 Å². The van der Waals surface area contributed by atoms with E-state index in [2.05, 4.69) is 5.32 Å². The number of hydrogen-bond acceptors (Lipinski definition) is 4. The molecule has 1 heterocycles. The van der Waals surface area contributed by atoms with Gasteiger partial charge in [-0.3, -0.25) is 0 Å². The van der Waals surface area contributed by atoms with Gasteiger partial charge in [0.05, 0.1) is 4.90 Å². The Balaban J connectivity index is 1.95. The molecule has 0 bridgehead atoms. The second-order valence-corrected chi connectivity index (χ2v) is 7.58. The Morgan fingerprint density at radius 2 is 2.25 bits per heavy atom. The molecule has 2 rings (SSSR count). The number of halogens is 1. The van der Waals surface area contributed by atoms with Crippen molar-refractivity contribution in [1.82, 2.24) is 5.32 Å². The molecule has 0 aromatic heterocycles. The molecule has 1 saturated heterocycles. The van der Waals surface area contributed by atoms with Gasteiger partial charge >= 0.3 is 0 Å². The van der Waals surface area contributed by atoms with Crippen molar-refractivity contribution in [2.24, 2.45) is 5.92 Å². The second-order valence-electron chi connectivity index (χ2n) is 5.18. The minimum atomic E-state index is -3.25. The van der Waals surface area contributed by atoms with Gasteiger partial charge in [0, 0.05) is 36.6 Å². The van der Waals surface area contributed by atoms with E-state index < -0.39 is 9.84 Å². The molecule has 0 spiro atoms. The lowest BCUT2D eigenvalue weighted by atomic mass is 10.1. The van der Waals surface area contributed by atoms with Gasteiger partial charge in [0.1, 0.15) is 0 Å². The fraction of sp³-hybridized carbons (Fsp3) is 0.571. The van der Waals surface area contributed by atoms with E-state index in [1.165, 1.54) is 6.26 Å². The molecule has 1 aliphatic rings. The zero-order chi connectivity index (χ0) is 14.6. The van der Waals surface area contributed by atoms with E-state index in [9.17, 15) is 8.42 Å². The van der Waals surface area contributed by atoms with Crippen molar-refractivity contribution in [3.63, 3.8) is 0 Å². The molecule has 0 aliphatic carbocycles. The van der Waals surface area contributed by atoms with Crippen molar-refractivity contribution in [3.05, 3.63) is 28.8 Å². The van der Waals surface area contributed by atoms with Crippen LogP contribution in [0.5, 0.6) is 0 Å². The summed E-state index contributed by atoms with van der Waals surface area (Å²) in [7, 11) is -3.25. The third kappa shape index (κ3) is 4.19. The Labute approximate surface area is 125 Å². The van der Waals surface area contributed by atoms with E-state index in [0.717, 1.165) is 32.6 Å². The Bertz CT molecular complexity index is 554. The summed E-state index contributed by atoms with van der Waals surface area (Å²) in [6, 6.07) is 4.99. The van der Waals surface area contributed by atoms with Crippen molar-refractivity contribution in [3.8, 4) is 0 Å². The fourth-order valence-electron chi connectivity index (χ4n) is 2.39. The molecule has 1 aromatic carbocycles. The topological polar surface area (TPSA) is 55.4 Å². The molecular formula is C14H20ClNO3S. The third-order valence-corrected chi connectivity index (χ3v) is 5.07. The zero-order valence-electron chi connectivity index (χ0n) is 11.6. The monoisotopic (exact) mass is 317 g/mol. The van der Waals surface area contributed by atoms with Gasteiger partial charge < -0.3 is 10.1 Å². The number of benzene rings is 1. The average Bonchev–Trinajstić information content (AvgIpc) is 2.88. The number of nitrogens with one attached hydrogen (secondary N) is 1. The van der Waals surface area contributed by atoms with Crippen molar-refractivity contribution in [2.45, 2.75) is 24.3 Å². The predicted molar refractivity (Wildman–Crippen MR) is 79.8 cm³/mol. The Morgan fingerprint density at radius 1 is 1.45 bits per heavy atom. The van der Waals surface area contributed by atoms with Crippen LogP contribution in [0.25, 0.3) is 0 Å².